The predicted octanol–water partition coefficient (Wildman–Crippen LogP) is -0.610. The van der Waals surface area contributed by atoms with Crippen LogP contribution in [-0.2, 0) is 4.84 Å². The van der Waals surface area contributed by atoms with Crippen molar-refractivity contribution in [1.82, 2.24) is 10.5 Å². The van der Waals surface area contributed by atoms with Crippen molar-refractivity contribution >= 4 is 11.8 Å². The first-order chi connectivity index (χ1) is 5.83. The zero-order chi connectivity index (χ0) is 8.81. The van der Waals surface area contributed by atoms with Crippen molar-refractivity contribution in [3.05, 3.63) is 22.6 Å². The molecule has 5 nitrogen and oxygen atoms in total. The van der Waals surface area contributed by atoms with Gasteiger partial charge in [-0.3, -0.25) is 0 Å². The minimum Gasteiger partial charge on any atom is -0.304 e. The van der Waals surface area contributed by atoms with Crippen molar-refractivity contribution in [3.8, 4) is 0 Å². The molecule has 0 aliphatic heterocycles. The van der Waals surface area contributed by atoms with Gasteiger partial charge in [-0.05, 0) is 11.8 Å². The van der Waals surface area contributed by atoms with Crippen LogP contribution in [0.5, 0.6) is 0 Å². The summed E-state index contributed by atoms with van der Waals surface area (Å²) in [4.78, 5) is 20.9. The summed E-state index contributed by atoms with van der Waals surface area (Å²) in [6.07, 6.45) is 1.59. The first-order valence-corrected chi connectivity index (χ1v) is 4.31. The van der Waals surface area contributed by atoms with Crippen LogP contribution < -0.4 is 16.0 Å². The molecule has 6 heteroatoms. The predicted molar refractivity (Wildman–Crippen MR) is 44.5 cm³/mol. The van der Waals surface area contributed by atoms with Gasteiger partial charge in [0.05, 0.1) is 25.2 Å². The number of hydroxylamine groups is 1. The minimum atomic E-state index is -0.117. The molecule has 0 fully saturated rings. The summed E-state index contributed by atoms with van der Waals surface area (Å²) in [6, 6.07) is 1.42. The molecule has 0 radical (unpaired) electrons. The van der Waals surface area contributed by atoms with E-state index in [1.807, 2.05) is 0 Å². The van der Waals surface area contributed by atoms with Gasteiger partial charge < -0.3 is 4.84 Å². The number of aromatic amines is 2. The van der Waals surface area contributed by atoms with Gasteiger partial charge in [0.2, 0.25) is 0 Å². The first kappa shape index (κ1) is 9.24. The monoisotopic (exact) mass is 188 g/mol. The Morgan fingerprint density at radius 2 is 2.67 bits per heavy atom. The molecule has 0 saturated heterocycles. The number of H-pyrrole nitrogens is 2. The van der Waals surface area contributed by atoms with Crippen molar-refractivity contribution in [2.24, 2.45) is 0 Å². The normalized spacial score (nSPS) is 10.1. The SMILES string of the molecule is CONCSc1[nH]c(=O)cc[nH+]1. The molecule has 0 aliphatic carbocycles. The van der Waals surface area contributed by atoms with Crippen LogP contribution in [0.3, 0.4) is 0 Å². The third-order valence-electron chi connectivity index (χ3n) is 1.11. The number of hydrogen-bond donors (Lipinski definition) is 2. The minimum absolute atomic E-state index is 0.117. The zero-order valence-corrected chi connectivity index (χ0v) is 7.40. The van der Waals surface area contributed by atoms with Gasteiger partial charge in [0.1, 0.15) is 0 Å². The molecule has 1 rings (SSSR count). The molecule has 12 heavy (non-hydrogen) atoms. The van der Waals surface area contributed by atoms with E-state index in [0.29, 0.717) is 11.0 Å². The molecule has 0 unspecified atom stereocenters. The van der Waals surface area contributed by atoms with Gasteiger partial charge in [-0.25, -0.2) is 14.8 Å². The summed E-state index contributed by atoms with van der Waals surface area (Å²) < 4.78 is 0. The summed E-state index contributed by atoms with van der Waals surface area (Å²) in [5.41, 5.74) is 2.52. The highest BCUT2D eigenvalue weighted by atomic mass is 32.2. The molecule has 3 N–H and O–H groups in total. The Hall–Kier alpha value is -0.850. The Balaban J connectivity index is 2.47. The molecular formula is C6H10N3O2S+. The quantitative estimate of drug-likeness (QED) is 0.217. The van der Waals surface area contributed by atoms with E-state index < -0.39 is 0 Å². The van der Waals surface area contributed by atoms with Gasteiger partial charge in [-0.2, -0.15) is 5.48 Å². The van der Waals surface area contributed by atoms with E-state index in [9.17, 15) is 4.79 Å². The standard InChI is InChI=1S/C6H9N3O2S/c1-11-8-4-12-6-7-3-2-5(10)9-6/h2-3,8H,4H2,1H3,(H,7,9,10)/p+1. The topological polar surface area (TPSA) is 68.3 Å². The molecule has 0 atom stereocenters. The maximum absolute atomic E-state index is 10.8. The highest BCUT2D eigenvalue weighted by molar-refractivity contribution is 7.98. The summed E-state index contributed by atoms with van der Waals surface area (Å²) in [5.74, 6) is 0.576. The third-order valence-corrected chi connectivity index (χ3v) is 1.88. The highest BCUT2D eigenvalue weighted by Crippen LogP contribution is 2.03. The summed E-state index contributed by atoms with van der Waals surface area (Å²) in [5, 5.41) is 0.701. The number of nitrogens with one attached hydrogen (secondary N) is 3. The first-order valence-electron chi connectivity index (χ1n) is 3.32. The van der Waals surface area contributed by atoms with Crippen molar-refractivity contribution in [3.63, 3.8) is 0 Å². The number of rotatable bonds is 4. The second kappa shape index (κ2) is 4.91. The van der Waals surface area contributed by atoms with Gasteiger partial charge in [0.25, 0.3) is 0 Å². The van der Waals surface area contributed by atoms with Crippen LogP contribution in [0.2, 0.25) is 0 Å². The lowest BCUT2D eigenvalue weighted by molar-refractivity contribution is -0.434. The van der Waals surface area contributed by atoms with Gasteiger partial charge in [-0.15, -0.1) is 0 Å². The zero-order valence-electron chi connectivity index (χ0n) is 6.59. The Morgan fingerprint density at radius 1 is 1.83 bits per heavy atom. The molecular weight excluding hydrogens is 178 g/mol. The van der Waals surface area contributed by atoms with Crippen molar-refractivity contribution in [2.45, 2.75) is 5.16 Å². The molecule has 1 aromatic heterocycles. The van der Waals surface area contributed by atoms with Crippen molar-refractivity contribution in [1.29, 1.82) is 0 Å². The van der Waals surface area contributed by atoms with E-state index in [-0.39, 0.29) is 5.56 Å². The van der Waals surface area contributed by atoms with Crippen LogP contribution >= 0.6 is 11.8 Å². The lowest BCUT2D eigenvalue weighted by Crippen LogP contribution is -2.19. The fourth-order valence-electron chi connectivity index (χ4n) is 0.621. The maximum atomic E-state index is 10.8. The summed E-state index contributed by atoms with van der Waals surface area (Å²) >= 11 is 1.41. The van der Waals surface area contributed by atoms with Crippen LogP contribution in [0.15, 0.2) is 22.2 Å². The van der Waals surface area contributed by atoms with E-state index in [4.69, 9.17) is 0 Å². The summed E-state index contributed by atoms with van der Waals surface area (Å²) in [7, 11) is 1.54. The van der Waals surface area contributed by atoms with Gasteiger partial charge in [0, 0.05) is 0 Å². The second-order valence-corrected chi connectivity index (χ2v) is 2.92. The van der Waals surface area contributed by atoms with E-state index in [2.05, 4.69) is 20.3 Å². The van der Waals surface area contributed by atoms with Crippen molar-refractivity contribution < 1.29 is 9.82 Å². The molecule has 1 aromatic rings. The number of aromatic nitrogens is 2. The molecule has 0 saturated carbocycles. The van der Waals surface area contributed by atoms with E-state index in [0.717, 1.165) is 0 Å². The second-order valence-electron chi connectivity index (χ2n) is 1.93. The molecule has 0 bridgehead atoms. The lowest BCUT2D eigenvalue weighted by Gasteiger charge is -1.95. The van der Waals surface area contributed by atoms with Crippen LogP contribution in [0, 0.1) is 0 Å². The van der Waals surface area contributed by atoms with Crippen LogP contribution in [0.4, 0.5) is 0 Å². The van der Waals surface area contributed by atoms with Crippen LogP contribution in [-0.4, -0.2) is 18.0 Å². The Morgan fingerprint density at radius 3 is 3.33 bits per heavy atom. The Kier molecular flexibility index (Phi) is 3.78. The lowest BCUT2D eigenvalue weighted by atomic mass is 10.7. The van der Waals surface area contributed by atoms with Crippen LogP contribution in [0.1, 0.15) is 0 Å². The summed E-state index contributed by atoms with van der Waals surface area (Å²) in [6.45, 7) is 0. The smallest absolute Gasteiger partial charge is 0.304 e. The molecule has 0 amide bonds. The van der Waals surface area contributed by atoms with E-state index in [1.165, 1.54) is 24.9 Å². The largest absolute Gasteiger partial charge is 0.335 e. The Labute approximate surface area is 73.5 Å². The maximum Gasteiger partial charge on any atom is 0.335 e. The highest BCUT2D eigenvalue weighted by Gasteiger charge is 2.00. The molecule has 1 heterocycles. The third kappa shape index (κ3) is 3.04. The molecule has 0 aromatic carbocycles. The average molecular weight is 188 g/mol. The number of thioether (sulfide) groups is 1. The van der Waals surface area contributed by atoms with Gasteiger partial charge in [-0.1, -0.05) is 0 Å². The van der Waals surface area contributed by atoms with Crippen molar-refractivity contribution in [2.75, 3.05) is 13.0 Å². The van der Waals surface area contributed by atoms with E-state index in [1.54, 1.807) is 6.20 Å². The van der Waals surface area contributed by atoms with E-state index >= 15 is 0 Å². The molecule has 66 valence electrons. The van der Waals surface area contributed by atoms with Crippen LogP contribution in [0.25, 0.3) is 0 Å². The van der Waals surface area contributed by atoms with Gasteiger partial charge >= 0.3 is 10.7 Å². The molecule has 0 spiro atoms. The average Bonchev–Trinajstić information content (AvgIpc) is 2.05. The van der Waals surface area contributed by atoms with Gasteiger partial charge in [0.15, 0.2) is 0 Å². The fraction of sp³-hybridized carbons (Fsp3) is 0.333. The number of hydrogen-bond acceptors (Lipinski definition) is 4. The molecule has 0 aliphatic rings. The Bertz CT molecular complexity index is 288. The fourth-order valence-corrected chi connectivity index (χ4v) is 1.27.